The monoisotopic (exact) mass is 382 g/mol. The minimum atomic E-state index is -0.498. The number of anilines is 1. The molecule has 144 valence electrons. The fourth-order valence-electron chi connectivity index (χ4n) is 3.39. The van der Waals surface area contributed by atoms with Gasteiger partial charge in [-0.1, -0.05) is 30.3 Å². The molecule has 1 aromatic carbocycles. The maximum atomic E-state index is 11.9. The average Bonchev–Trinajstić information content (AvgIpc) is 3.25. The summed E-state index contributed by atoms with van der Waals surface area (Å²) in [5.41, 5.74) is 7.92. The molecule has 2 saturated heterocycles. The molecule has 2 aromatic heterocycles. The lowest BCUT2D eigenvalue weighted by molar-refractivity contribution is -0.0837. The van der Waals surface area contributed by atoms with Crippen LogP contribution in [0.1, 0.15) is 11.8 Å². The molecule has 1 amide bonds. The number of nitrogens with two attached hydrogens (primary N) is 1. The van der Waals surface area contributed by atoms with Crippen LogP contribution < -0.4 is 11.1 Å². The van der Waals surface area contributed by atoms with Crippen molar-refractivity contribution < 1.29 is 19.0 Å². The Morgan fingerprint density at radius 2 is 2.04 bits per heavy atom. The summed E-state index contributed by atoms with van der Waals surface area (Å²) in [7, 11) is 0. The number of fused-ring (bicyclic) bond motifs is 2. The number of nitrogens with zero attached hydrogens (tertiary/aromatic N) is 4. The second kappa shape index (κ2) is 6.73. The van der Waals surface area contributed by atoms with Crippen LogP contribution in [0, 0.1) is 0 Å². The molecular weight excluding hydrogens is 364 g/mol. The molecule has 0 saturated carbocycles. The zero-order valence-corrected chi connectivity index (χ0v) is 14.8. The molecule has 0 spiro atoms. The Hall–Kier alpha value is -3.24. The highest BCUT2D eigenvalue weighted by molar-refractivity contribution is 5.81. The highest BCUT2D eigenvalue weighted by Crippen LogP contribution is 2.45. The fraction of sp³-hybridized carbons (Fsp3) is 0.333. The van der Waals surface area contributed by atoms with Crippen LogP contribution in [0.4, 0.5) is 10.6 Å². The summed E-state index contributed by atoms with van der Waals surface area (Å²) in [6.45, 7) is 0.501. The van der Waals surface area contributed by atoms with Crippen LogP contribution in [0.25, 0.3) is 11.2 Å². The summed E-state index contributed by atoms with van der Waals surface area (Å²) in [5.74, 6) is 0.310. The number of carbonyl (C=O) groups excluding carboxylic acids is 1. The number of epoxide rings is 1. The first kappa shape index (κ1) is 16.9. The molecule has 2 fully saturated rings. The van der Waals surface area contributed by atoms with E-state index < -0.39 is 12.3 Å². The number of amides is 1. The lowest BCUT2D eigenvalue weighted by Crippen LogP contribution is -2.30. The van der Waals surface area contributed by atoms with Gasteiger partial charge >= 0.3 is 6.09 Å². The van der Waals surface area contributed by atoms with E-state index in [0.717, 1.165) is 5.56 Å². The number of benzene rings is 1. The van der Waals surface area contributed by atoms with Gasteiger partial charge in [0.2, 0.25) is 0 Å². The molecule has 10 heteroatoms. The van der Waals surface area contributed by atoms with Crippen LogP contribution in [-0.2, 0) is 20.8 Å². The van der Waals surface area contributed by atoms with Gasteiger partial charge in [0.1, 0.15) is 36.8 Å². The van der Waals surface area contributed by atoms with E-state index in [2.05, 4.69) is 20.3 Å². The number of imidazole rings is 1. The fourth-order valence-corrected chi connectivity index (χ4v) is 3.39. The molecule has 2 aliphatic heterocycles. The number of hydrogen-bond donors (Lipinski definition) is 2. The van der Waals surface area contributed by atoms with Gasteiger partial charge in [0, 0.05) is 6.54 Å². The van der Waals surface area contributed by atoms with E-state index in [1.54, 1.807) is 10.9 Å². The van der Waals surface area contributed by atoms with Gasteiger partial charge < -0.3 is 25.3 Å². The normalized spacial score (nSPS) is 25.4. The molecule has 0 bridgehead atoms. The van der Waals surface area contributed by atoms with Crippen molar-refractivity contribution in [2.24, 2.45) is 0 Å². The number of nitrogens with one attached hydrogen (secondary N) is 1. The topological polar surface area (TPSA) is 130 Å². The smallest absolute Gasteiger partial charge is 0.407 e. The lowest BCUT2D eigenvalue weighted by Gasteiger charge is -2.18. The number of aromatic nitrogens is 4. The van der Waals surface area contributed by atoms with Crippen molar-refractivity contribution in [2.75, 3.05) is 12.3 Å². The van der Waals surface area contributed by atoms with Gasteiger partial charge in [0.15, 0.2) is 17.7 Å². The molecule has 3 N–H and O–H groups in total. The van der Waals surface area contributed by atoms with Crippen LogP contribution in [0.5, 0.6) is 0 Å². The van der Waals surface area contributed by atoms with Gasteiger partial charge in [0.05, 0.1) is 6.33 Å². The number of carbonyl (C=O) groups is 1. The minimum Gasteiger partial charge on any atom is -0.447 e. The van der Waals surface area contributed by atoms with Gasteiger partial charge in [-0.25, -0.2) is 19.7 Å². The SMILES string of the molecule is Nc1ncnc2c1ncn2[C@@H]1O[C@H](COC(=O)NCc2ccccc2)[C@H]2O[C@H]21. The lowest BCUT2D eigenvalue weighted by atomic mass is 10.2. The molecule has 2 aliphatic rings. The third kappa shape index (κ3) is 3.02. The highest BCUT2D eigenvalue weighted by Gasteiger charge is 2.59. The van der Waals surface area contributed by atoms with E-state index in [-0.39, 0.29) is 24.9 Å². The summed E-state index contributed by atoms with van der Waals surface area (Å²) in [5, 5.41) is 2.72. The summed E-state index contributed by atoms with van der Waals surface area (Å²) >= 11 is 0. The second-order valence-electron chi connectivity index (χ2n) is 6.65. The molecule has 0 unspecified atom stereocenters. The van der Waals surface area contributed by atoms with E-state index in [0.29, 0.717) is 23.5 Å². The van der Waals surface area contributed by atoms with E-state index in [4.69, 9.17) is 19.9 Å². The van der Waals surface area contributed by atoms with Gasteiger partial charge in [-0.15, -0.1) is 0 Å². The Morgan fingerprint density at radius 3 is 2.89 bits per heavy atom. The molecule has 28 heavy (non-hydrogen) atoms. The van der Waals surface area contributed by atoms with E-state index in [1.807, 2.05) is 30.3 Å². The predicted octanol–water partition coefficient (Wildman–Crippen LogP) is 1.000. The highest BCUT2D eigenvalue weighted by atomic mass is 16.7. The molecule has 5 rings (SSSR count). The molecule has 4 heterocycles. The first-order valence-corrected chi connectivity index (χ1v) is 8.89. The van der Waals surface area contributed by atoms with Crippen molar-refractivity contribution in [3.05, 3.63) is 48.5 Å². The van der Waals surface area contributed by atoms with Crippen LogP contribution in [-0.4, -0.2) is 50.5 Å². The van der Waals surface area contributed by atoms with Crippen molar-refractivity contribution in [3.63, 3.8) is 0 Å². The Balaban J connectivity index is 1.19. The summed E-state index contributed by atoms with van der Waals surface area (Å²) in [6.07, 6.45) is 1.49. The quantitative estimate of drug-likeness (QED) is 0.625. The first-order valence-electron chi connectivity index (χ1n) is 8.89. The number of hydrogen-bond acceptors (Lipinski definition) is 8. The molecule has 3 aromatic rings. The van der Waals surface area contributed by atoms with Gasteiger partial charge in [-0.05, 0) is 5.56 Å². The third-order valence-corrected chi connectivity index (χ3v) is 4.84. The minimum absolute atomic E-state index is 0.0992. The van der Waals surface area contributed by atoms with E-state index in [1.165, 1.54) is 6.33 Å². The maximum absolute atomic E-state index is 11.9. The predicted molar refractivity (Wildman–Crippen MR) is 96.9 cm³/mol. The average molecular weight is 382 g/mol. The molecule has 0 radical (unpaired) electrons. The van der Waals surface area contributed by atoms with Gasteiger partial charge in [-0.2, -0.15) is 0 Å². The number of ether oxygens (including phenoxy) is 3. The van der Waals surface area contributed by atoms with Gasteiger partial charge in [-0.3, -0.25) is 4.57 Å². The van der Waals surface area contributed by atoms with Gasteiger partial charge in [0.25, 0.3) is 0 Å². The van der Waals surface area contributed by atoms with Crippen molar-refractivity contribution in [3.8, 4) is 0 Å². The Bertz CT molecular complexity index is 1010. The van der Waals surface area contributed by atoms with Crippen LogP contribution in [0.3, 0.4) is 0 Å². The molecular formula is C18H18N6O4. The second-order valence-corrected chi connectivity index (χ2v) is 6.65. The summed E-state index contributed by atoms with van der Waals surface area (Å²) in [6, 6.07) is 9.61. The summed E-state index contributed by atoms with van der Waals surface area (Å²) in [4.78, 5) is 24.4. The van der Waals surface area contributed by atoms with Crippen molar-refractivity contribution in [2.45, 2.75) is 31.1 Å². The van der Waals surface area contributed by atoms with Crippen molar-refractivity contribution >= 4 is 23.1 Å². The zero-order chi connectivity index (χ0) is 19.1. The number of nitrogen functional groups attached to an aromatic ring is 1. The molecule has 4 atom stereocenters. The van der Waals surface area contributed by atoms with Crippen molar-refractivity contribution in [1.29, 1.82) is 0 Å². The zero-order valence-electron chi connectivity index (χ0n) is 14.8. The van der Waals surface area contributed by atoms with Crippen LogP contribution in [0.15, 0.2) is 43.0 Å². The number of rotatable bonds is 5. The van der Waals surface area contributed by atoms with Crippen LogP contribution in [0.2, 0.25) is 0 Å². The number of alkyl carbamates (subject to hydrolysis) is 1. The van der Waals surface area contributed by atoms with Crippen molar-refractivity contribution in [1.82, 2.24) is 24.8 Å². The standard InChI is InChI=1S/C18H18N6O4/c19-15-12-16(22-8-21-15)24(9-23-12)17-14-13(28-14)11(27-17)7-26-18(25)20-6-10-4-2-1-3-5-10/h1-5,8-9,11,13-14,17H,6-7H2,(H,20,25)(H2,19,21,22)/t11-,13-,14-,17-/m1/s1. The largest absolute Gasteiger partial charge is 0.447 e. The Kier molecular flexibility index (Phi) is 4.06. The molecule has 10 nitrogen and oxygen atoms in total. The summed E-state index contributed by atoms with van der Waals surface area (Å²) < 4.78 is 18.8. The van der Waals surface area contributed by atoms with E-state index in [9.17, 15) is 4.79 Å². The maximum Gasteiger partial charge on any atom is 0.407 e. The molecule has 0 aliphatic carbocycles. The first-order chi connectivity index (χ1) is 13.7. The Labute approximate surface area is 159 Å². The Morgan fingerprint density at radius 1 is 1.18 bits per heavy atom. The van der Waals surface area contributed by atoms with Crippen LogP contribution >= 0.6 is 0 Å². The third-order valence-electron chi connectivity index (χ3n) is 4.84. The van der Waals surface area contributed by atoms with E-state index >= 15 is 0 Å².